The summed E-state index contributed by atoms with van der Waals surface area (Å²) < 4.78 is 0. The van der Waals surface area contributed by atoms with Gasteiger partial charge in [0.1, 0.15) is 0 Å². The van der Waals surface area contributed by atoms with Crippen molar-refractivity contribution in [2.24, 2.45) is 0 Å². The standard InChI is InChI=1S/C15H13NO2/c1-11(17)13-9-5-6-10-14(13)16-15(18)12-7-3-2-4-8-12/h2-10H,1H3,(H,16,18). The van der Waals surface area contributed by atoms with Crippen molar-refractivity contribution in [2.75, 3.05) is 5.32 Å². The zero-order chi connectivity index (χ0) is 13.0. The minimum atomic E-state index is -0.218. The number of nitrogens with one attached hydrogen (secondary N) is 1. The van der Waals surface area contributed by atoms with Crippen molar-refractivity contribution in [1.82, 2.24) is 0 Å². The number of Topliss-reactive ketones (excluding diaryl/α,β-unsaturated/α-hetero) is 1. The van der Waals surface area contributed by atoms with Gasteiger partial charge in [-0.15, -0.1) is 0 Å². The second kappa shape index (κ2) is 5.27. The summed E-state index contributed by atoms with van der Waals surface area (Å²) in [5.74, 6) is -0.289. The third-order valence-corrected chi connectivity index (χ3v) is 2.59. The van der Waals surface area contributed by atoms with E-state index in [1.807, 2.05) is 6.07 Å². The molecule has 0 aliphatic heterocycles. The molecule has 2 aromatic rings. The number of amides is 1. The summed E-state index contributed by atoms with van der Waals surface area (Å²) in [7, 11) is 0. The Morgan fingerprint density at radius 2 is 1.50 bits per heavy atom. The van der Waals surface area contributed by atoms with Gasteiger partial charge in [0.25, 0.3) is 5.91 Å². The summed E-state index contributed by atoms with van der Waals surface area (Å²) >= 11 is 0. The molecule has 0 saturated carbocycles. The number of carbonyl (C=O) groups is 2. The molecular formula is C15H13NO2. The SMILES string of the molecule is CC(=O)c1ccccc1NC(=O)c1ccccc1. The maximum atomic E-state index is 12.0. The van der Waals surface area contributed by atoms with Crippen LogP contribution in [0.3, 0.4) is 0 Å². The molecule has 0 aliphatic rings. The van der Waals surface area contributed by atoms with Crippen LogP contribution in [0.5, 0.6) is 0 Å². The molecule has 2 rings (SSSR count). The van der Waals surface area contributed by atoms with Crippen molar-refractivity contribution >= 4 is 17.4 Å². The average Bonchev–Trinajstić information content (AvgIpc) is 2.40. The lowest BCUT2D eigenvalue weighted by Gasteiger charge is -2.08. The molecule has 90 valence electrons. The van der Waals surface area contributed by atoms with Gasteiger partial charge >= 0.3 is 0 Å². The zero-order valence-electron chi connectivity index (χ0n) is 10.0. The zero-order valence-corrected chi connectivity index (χ0v) is 10.0. The molecule has 0 atom stereocenters. The summed E-state index contributed by atoms with van der Waals surface area (Å²) in [6.45, 7) is 1.48. The number of carbonyl (C=O) groups excluding carboxylic acids is 2. The Balaban J connectivity index is 2.25. The van der Waals surface area contributed by atoms with E-state index >= 15 is 0 Å². The normalized spacial score (nSPS) is 9.83. The summed E-state index contributed by atoms with van der Waals surface area (Å²) in [4.78, 5) is 23.4. The Morgan fingerprint density at radius 3 is 2.17 bits per heavy atom. The van der Waals surface area contributed by atoms with Crippen molar-refractivity contribution in [1.29, 1.82) is 0 Å². The van der Waals surface area contributed by atoms with E-state index in [-0.39, 0.29) is 11.7 Å². The van der Waals surface area contributed by atoms with Crippen molar-refractivity contribution < 1.29 is 9.59 Å². The smallest absolute Gasteiger partial charge is 0.255 e. The Bertz CT molecular complexity index is 576. The molecule has 0 aliphatic carbocycles. The van der Waals surface area contributed by atoms with Crippen LogP contribution in [0.2, 0.25) is 0 Å². The quantitative estimate of drug-likeness (QED) is 0.836. The monoisotopic (exact) mass is 239 g/mol. The van der Waals surface area contributed by atoms with Crippen LogP contribution in [-0.4, -0.2) is 11.7 Å². The van der Waals surface area contributed by atoms with E-state index in [0.717, 1.165) is 0 Å². The van der Waals surface area contributed by atoms with Crippen LogP contribution in [-0.2, 0) is 0 Å². The molecule has 3 heteroatoms. The molecule has 0 fully saturated rings. The van der Waals surface area contributed by atoms with Crippen LogP contribution >= 0.6 is 0 Å². The first-order valence-corrected chi connectivity index (χ1v) is 5.65. The van der Waals surface area contributed by atoms with Crippen molar-refractivity contribution in [3.05, 3.63) is 65.7 Å². The second-order valence-electron chi connectivity index (χ2n) is 3.92. The van der Waals surface area contributed by atoms with Gasteiger partial charge in [-0.25, -0.2) is 0 Å². The van der Waals surface area contributed by atoms with Gasteiger partial charge in [0.15, 0.2) is 5.78 Å². The van der Waals surface area contributed by atoms with Gasteiger partial charge in [0.2, 0.25) is 0 Å². The largest absolute Gasteiger partial charge is 0.321 e. The minimum Gasteiger partial charge on any atom is -0.321 e. The first-order valence-electron chi connectivity index (χ1n) is 5.65. The predicted octanol–water partition coefficient (Wildman–Crippen LogP) is 3.14. The highest BCUT2D eigenvalue weighted by Crippen LogP contribution is 2.16. The summed E-state index contributed by atoms with van der Waals surface area (Å²) in [5, 5.41) is 2.75. The highest BCUT2D eigenvalue weighted by atomic mass is 16.1. The van der Waals surface area contributed by atoms with Crippen LogP contribution in [0, 0.1) is 0 Å². The first-order chi connectivity index (χ1) is 8.68. The molecule has 3 nitrogen and oxygen atoms in total. The van der Waals surface area contributed by atoms with E-state index < -0.39 is 0 Å². The third-order valence-electron chi connectivity index (χ3n) is 2.59. The second-order valence-corrected chi connectivity index (χ2v) is 3.92. The topological polar surface area (TPSA) is 46.2 Å². The Hall–Kier alpha value is -2.42. The number of hydrogen-bond acceptors (Lipinski definition) is 2. The molecule has 0 aromatic heterocycles. The lowest BCUT2D eigenvalue weighted by molar-refractivity contribution is 0.101. The van der Waals surface area contributed by atoms with Gasteiger partial charge < -0.3 is 5.32 Å². The van der Waals surface area contributed by atoms with Gasteiger partial charge in [-0.3, -0.25) is 9.59 Å². The highest BCUT2D eigenvalue weighted by molar-refractivity contribution is 6.08. The van der Waals surface area contributed by atoms with Crippen molar-refractivity contribution in [2.45, 2.75) is 6.92 Å². The van der Waals surface area contributed by atoms with Crippen LogP contribution in [0.15, 0.2) is 54.6 Å². The average molecular weight is 239 g/mol. The lowest BCUT2D eigenvalue weighted by atomic mass is 10.1. The summed E-state index contributed by atoms with van der Waals surface area (Å²) in [5.41, 5.74) is 1.62. The number of para-hydroxylation sites is 1. The van der Waals surface area contributed by atoms with Gasteiger partial charge in [-0.1, -0.05) is 30.3 Å². The van der Waals surface area contributed by atoms with Crippen LogP contribution in [0.1, 0.15) is 27.6 Å². The number of ketones is 1. The van der Waals surface area contributed by atoms with E-state index in [9.17, 15) is 9.59 Å². The molecule has 1 amide bonds. The number of hydrogen-bond donors (Lipinski definition) is 1. The van der Waals surface area contributed by atoms with Crippen molar-refractivity contribution in [3.8, 4) is 0 Å². The predicted molar refractivity (Wildman–Crippen MR) is 70.8 cm³/mol. The molecule has 1 N–H and O–H groups in total. The Kier molecular flexibility index (Phi) is 3.53. The lowest BCUT2D eigenvalue weighted by Crippen LogP contribution is -2.14. The van der Waals surface area contributed by atoms with Gasteiger partial charge in [0.05, 0.1) is 5.69 Å². The number of rotatable bonds is 3. The first kappa shape index (κ1) is 12.0. The van der Waals surface area contributed by atoms with Crippen LogP contribution in [0.25, 0.3) is 0 Å². The van der Waals surface area contributed by atoms with E-state index in [1.165, 1.54) is 6.92 Å². The molecule has 0 saturated heterocycles. The number of benzene rings is 2. The maximum absolute atomic E-state index is 12.0. The molecule has 0 bridgehead atoms. The van der Waals surface area contributed by atoms with E-state index in [4.69, 9.17) is 0 Å². The fraction of sp³-hybridized carbons (Fsp3) is 0.0667. The van der Waals surface area contributed by atoms with Crippen LogP contribution in [0.4, 0.5) is 5.69 Å². The Morgan fingerprint density at radius 1 is 0.889 bits per heavy atom. The Labute approximate surface area is 105 Å². The molecular weight excluding hydrogens is 226 g/mol. The highest BCUT2D eigenvalue weighted by Gasteiger charge is 2.10. The molecule has 0 radical (unpaired) electrons. The van der Waals surface area contributed by atoms with Gasteiger partial charge in [-0.2, -0.15) is 0 Å². The van der Waals surface area contributed by atoms with Crippen molar-refractivity contribution in [3.63, 3.8) is 0 Å². The van der Waals surface area contributed by atoms with Crippen LogP contribution < -0.4 is 5.32 Å². The minimum absolute atomic E-state index is 0.0704. The third kappa shape index (κ3) is 2.63. The molecule has 2 aromatic carbocycles. The fourth-order valence-corrected chi connectivity index (χ4v) is 1.68. The fourth-order valence-electron chi connectivity index (χ4n) is 1.68. The van der Waals surface area contributed by atoms with Gasteiger partial charge in [0, 0.05) is 11.1 Å². The molecule has 0 spiro atoms. The maximum Gasteiger partial charge on any atom is 0.255 e. The molecule has 0 heterocycles. The molecule has 0 unspecified atom stereocenters. The van der Waals surface area contributed by atoms with E-state index in [2.05, 4.69) is 5.32 Å². The summed E-state index contributed by atoms with van der Waals surface area (Å²) in [6.07, 6.45) is 0. The molecule has 18 heavy (non-hydrogen) atoms. The van der Waals surface area contributed by atoms with E-state index in [0.29, 0.717) is 16.8 Å². The summed E-state index contributed by atoms with van der Waals surface area (Å²) in [6, 6.07) is 15.9. The number of anilines is 1. The van der Waals surface area contributed by atoms with Gasteiger partial charge in [-0.05, 0) is 31.2 Å². The van der Waals surface area contributed by atoms with E-state index in [1.54, 1.807) is 48.5 Å².